The van der Waals surface area contributed by atoms with Crippen LogP contribution in [0.1, 0.15) is 44.9 Å². The highest BCUT2D eigenvalue weighted by atomic mass is 32.2. The number of nitrogens with two attached hydrogens (primary N) is 1. The number of fused-ring (bicyclic) bond motifs is 1. The SMILES string of the molecule is CC(C)c1ccc(C(F)(F)F)nc1NC(=O)N=[S@@](N)(=O)c1cnn2c1OCC(C)(C)C2. The van der Waals surface area contributed by atoms with Crippen molar-refractivity contribution >= 4 is 21.8 Å². The lowest BCUT2D eigenvalue weighted by Gasteiger charge is -2.30. The molecular formula is C18H23F3N6O3S. The zero-order valence-electron chi connectivity index (χ0n) is 17.4. The molecule has 0 saturated heterocycles. The number of amides is 2. The van der Waals surface area contributed by atoms with Crippen LogP contribution in [0.3, 0.4) is 0 Å². The Labute approximate surface area is 177 Å². The Morgan fingerprint density at radius 3 is 2.68 bits per heavy atom. The van der Waals surface area contributed by atoms with Gasteiger partial charge in [-0.1, -0.05) is 33.8 Å². The number of urea groups is 1. The quantitative estimate of drug-likeness (QED) is 0.721. The molecule has 2 aromatic rings. The monoisotopic (exact) mass is 460 g/mol. The Bertz CT molecular complexity index is 1130. The third kappa shape index (κ3) is 4.98. The average Bonchev–Trinajstić information content (AvgIpc) is 3.02. The van der Waals surface area contributed by atoms with Crippen molar-refractivity contribution in [2.75, 3.05) is 11.9 Å². The number of carbonyl (C=O) groups is 1. The number of anilines is 1. The van der Waals surface area contributed by atoms with E-state index >= 15 is 0 Å². The first-order valence-corrected chi connectivity index (χ1v) is 10.9. The van der Waals surface area contributed by atoms with Crippen LogP contribution in [0.15, 0.2) is 27.6 Å². The molecule has 13 heteroatoms. The molecule has 170 valence electrons. The second-order valence-electron chi connectivity index (χ2n) is 8.30. The van der Waals surface area contributed by atoms with Gasteiger partial charge in [-0.2, -0.15) is 18.3 Å². The van der Waals surface area contributed by atoms with Gasteiger partial charge < -0.3 is 4.74 Å². The fourth-order valence-electron chi connectivity index (χ4n) is 3.02. The fourth-order valence-corrected chi connectivity index (χ4v) is 4.02. The maximum atomic E-state index is 13.0. The van der Waals surface area contributed by atoms with Crippen LogP contribution in [0.2, 0.25) is 0 Å². The fraction of sp³-hybridized carbons (Fsp3) is 0.500. The van der Waals surface area contributed by atoms with Gasteiger partial charge >= 0.3 is 12.2 Å². The number of hydrogen-bond donors (Lipinski definition) is 2. The van der Waals surface area contributed by atoms with Crippen LogP contribution < -0.4 is 15.2 Å². The van der Waals surface area contributed by atoms with Gasteiger partial charge in [0.2, 0.25) is 5.88 Å². The third-order valence-corrected chi connectivity index (χ3v) is 5.88. The number of hydrogen-bond acceptors (Lipinski definition) is 5. The average molecular weight is 460 g/mol. The third-order valence-electron chi connectivity index (χ3n) is 4.53. The lowest BCUT2D eigenvalue weighted by atomic mass is 9.94. The number of carbonyl (C=O) groups excluding carboxylic acids is 1. The number of aromatic nitrogens is 3. The molecule has 3 heterocycles. The largest absolute Gasteiger partial charge is 0.476 e. The molecule has 0 bridgehead atoms. The molecule has 0 unspecified atom stereocenters. The topological polar surface area (TPSA) is 124 Å². The predicted molar refractivity (Wildman–Crippen MR) is 107 cm³/mol. The molecular weight excluding hydrogens is 437 g/mol. The molecule has 1 aliphatic heterocycles. The van der Waals surface area contributed by atoms with Gasteiger partial charge in [0, 0.05) is 5.41 Å². The van der Waals surface area contributed by atoms with Gasteiger partial charge in [0.15, 0.2) is 9.92 Å². The van der Waals surface area contributed by atoms with Crippen molar-refractivity contribution in [3.8, 4) is 5.88 Å². The summed E-state index contributed by atoms with van der Waals surface area (Å²) in [6, 6.07) is 0.850. The van der Waals surface area contributed by atoms with Crippen LogP contribution in [-0.2, 0) is 22.6 Å². The van der Waals surface area contributed by atoms with Gasteiger partial charge in [0.05, 0.1) is 19.3 Å². The first-order valence-electron chi connectivity index (χ1n) is 9.32. The van der Waals surface area contributed by atoms with E-state index in [1.54, 1.807) is 13.8 Å². The minimum atomic E-state index is -4.70. The predicted octanol–water partition coefficient (Wildman–Crippen LogP) is 3.77. The van der Waals surface area contributed by atoms with Crippen LogP contribution >= 0.6 is 0 Å². The van der Waals surface area contributed by atoms with Gasteiger partial charge in [-0.15, -0.1) is 4.36 Å². The molecule has 1 aliphatic rings. The minimum Gasteiger partial charge on any atom is -0.476 e. The normalized spacial score (nSPS) is 17.5. The molecule has 0 saturated carbocycles. The smallest absolute Gasteiger partial charge is 0.433 e. The zero-order valence-corrected chi connectivity index (χ0v) is 18.2. The number of alkyl halides is 3. The van der Waals surface area contributed by atoms with Crippen LogP contribution in [0.5, 0.6) is 5.88 Å². The van der Waals surface area contributed by atoms with Gasteiger partial charge in [-0.25, -0.2) is 23.8 Å². The van der Waals surface area contributed by atoms with Gasteiger partial charge in [0.1, 0.15) is 16.4 Å². The van der Waals surface area contributed by atoms with E-state index in [0.717, 1.165) is 6.07 Å². The Morgan fingerprint density at radius 2 is 2.06 bits per heavy atom. The summed E-state index contributed by atoms with van der Waals surface area (Å²) in [7, 11) is -3.78. The number of halogens is 3. The highest BCUT2D eigenvalue weighted by Crippen LogP contribution is 2.34. The van der Waals surface area contributed by atoms with E-state index < -0.39 is 27.8 Å². The summed E-state index contributed by atoms with van der Waals surface area (Å²) >= 11 is 0. The number of rotatable bonds is 3. The molecule has 2 amide bonds. The van der Waals surface area contributed by atoms with Crippen molar-refractivity contribution in [1.82, 2.24) is 14.8 Å². The van der Waals surface area contributed by atoms with Crippen LogP contribution in [0.4, 0.5) is 23.8 Å². The minimum absolute atomic E-state index is 0.0702. The second kappa shape index (κ2) is 7.79. The van der Waals surface area contributed by atoms with Gasteiger partial charge in [-0.05, 0) is 17.5 Å². The lowest BCUT2D eigenvalue weighted by Crippen LogP contribution is -2.33. The maximum Gasteiger partial charge on any atom is 0.433 e. The van der Waals surface area contributed by atoms with Crippen molar-refractivity contribution in [1.29, 1.82) is 0 Å². The Hall–Kier alpha value is -2.67. The number of ether oxygens (including phenoxy) is 1. The standard InChI is InChI=1S/C18H23F3N6O3S/c1-10(2)11-5-6-13(18(19,20)21)24-14(11)25-16(28)26-31(22,29)12-7-23-27-8-17(3,4)9-30-15(12)27/h5-7,10H,8-9H2,1-4H3,(H3,22,24,25,26,28,29)/t31-/m1/s1. The molecule has 31 heavy (non-hydrogen) atoms. The van der Waals surface area contributed by atoms with Crippen molar-refractivity contribution in [2.24, 2.45) is 14.9 Å². The molecule has 1 atom stereocenters. The first-order chi connectivity index (χ1) is 14.2. The van der Waals surface area contributed by atoms with E-state index in [0.29, 0.717) is 18.7 Å². The number of nitrogens with one attached hydrogen (secondary N) is 1. The Balaban J connectivity index is 1.93. The van der Waals surface area contributed by atoms with E-state index in [-0.39, 0.29) is 27.9 Å². The van der Waals surface area contributed by atoms with Crippen molar-refractivity contribution < 1.29 is 26.9 Å². The number of pyridine rings is 1. The zero-order chi connectivity index (χ0) is 23.2. The molecule has 2 aromatic heterocycles. The van der Waals surface area contributed by atoms with E-state index in [2.05, 4.69) is 19.8 Å². The van der Waals surface area contributed by atoms with Crippen molar-refractivity contribution in [3.63, 3.8) is 0 Å². The summed E-state index contributed by atoms with van der Waals surface area (Å²) in [5.41, 5.74) is -1.03. The molecule has 3 rings (SSSR count). The van der Waals surface area contributed by atoms with Crippen LogP contribution in [-0.4, -0.2) is 31.6 Å². The van der Waals surface area contributed by atoms with Gasteiger partial charge in [-0.3, -0.25) is 5.32 Å². The summed E-state index contributed by atoms with van der Waals surface area (Å²) in [5, 5.41) is 12.1. The molecule has 0 fully saturated rings. The Morgan fingerprint density at radius 1 is 1.39 bits per heavy atom. The van der Waals surface area contributed by atoms with E-state index in [9.17, 15) is 22.2 Å². The maximum absolute atomic E-state index is 13.0. The summed E-state index contributed by atoms with van der Waals surface area (Å²) in [5.74, 6) is -0.431. The summed E-state index contributed by atoms with van der Waals surface area (Å²) in [6.07, 6.45) is -3.49. The summed E-state index contributed by atoms with van der Waals surface area (Å²) in [6.45, 7) is 8.17. The summed E-state index contributed by atoms with van der Waals surface area (Å²) < 4.78 is 62.6. The summed E-state index contributed by atoms with van der Waals surface area (Å²) in [4.78, 5) is 15.8. The van der Waals surface area contributed by atoms with E-state index in [1.165, 1.54) is 16.9 Å². The highest BCUT2D eigenvalue weighted by molar-refractivity contribution is 7.91. The molecule has 0 aromatic carbocycles. The van der Waals surface area contributed by atoms with Crippen molar-refractivity contribution in [2.45, 2.75) is 51.2 Å². The molecule has 0 aliphatic carbocycles. The van der Waals surface area contributed by atoms with Crippen LogP contribution in [0, 0.1) is 5.41 Å². The molecule has 0 radical (unpaired) electrons. The van der Waals surface area contributed by atoms with Gasteiger partial charge in [0.25, 0.3) is 0 Å². The lowest BCUT2D eigenvalue weighted by molar-refractivity contribution is -0.141. The van der Waals surface area contributed by atoms with E-state index in [1.807, 2.05) is 13.8 Å². The number of nitrogens with zero attached hydrogens (tertiary/aromatic N) is 4. The highest BCUT2D eigenvalue weighted by Gasteiger charge is 2.34. The molecule has 0 spiro atoms. The van der Waals surface area contributed by atoms with Crippen molar-refractivity contribution in [3.05, 3.63) is 29.6 Å². The second-order valence-corrected chi connectivity index (χ2v) is 10.1. The van der Waals surface area contributed by atoms with Crippen LogP contribution in [0.25, 0.3) is 0 Å². The Kier molecular flexibility index (Phi) is 5.78. The first kappa shape index (κ1) is 23.0. The molecule has 9 nitrogen and oxygen atoms in total. The molecule has 3 N–H and O–H groups in total. The van der Waals surface area contributed by atoms with E-state index in [4.69, 9.17) is 9.88 Å².